The van der Waals surface area contributed by atoms with Gasteiger partial charge in [0.25, 0.3) is 0 Å². The van der Waals surface area contributed by atoms with Crippen molar-refractivity contribution in [1.82, 2.24) is 10.3 Å². The third kappa shape index (κ3) is 4.31. The summed E-state index contributed by atoms with van der Waals surface area (Å²) in [5.74, 6) is 0.696. The molecule has 1 N–H and O–H groups in total. The van der Waals surface area contributed by atoms with Gasteiger partial charge in [-0.1, -0.05) is 20.8 Å². The molecule has 0 fully saturated rings. The van der Waals surface area contributed by atoms with Crippen molar-refractivity contribution in [3.8, 4) is 0 Å². The molecule has 2 nitrogen and oxygen atoms in total. The Kier molecular flexibility index (Phi) is 5.88. The summed E-state index contributed by atoms with van der Waals surface area (Å²) in [6.07, 6.45) is 5.57. The minimum atomic E-state index is 0.645. The van der Waals surface area contributed by atoms with Gasteiger partial charge in [-0.15, -0.1) is 11.3 Å². The highest BCUT2D eigenvalue weighted by molar-refractivity contribution is 7.09. The van der Waals surface area contributed by atoms with Crippen molar-refractivity contribution >= 4 is 11.3 Å². The minimum absolute atomic E-state index is 0.645. The molecule has 0 saturated carbocycles. The van der Waals surface area contributed by atoms with Gasteiger partial charge in [-0.2, -0.15) is 0 Å². The van der Waals surface area contributed by atoms with E-state index in [1.54, 1.807) is 11.3 Å². The van der Waals surface area contributed by atoms with E-state index < -0.39 is 0 Å². The molecule has 0 aliphatic carbocycles. The van der Waals surface area contributed by atoms with E-state index in [9.17, 15) is 0 Å². The second-order valence-electron chi connectivity index (χ2n) is 4.12. The zero-order valence-corrected chi connectivity index (χ0v) is 10.8. The predicted molar refractivity (Wildman–Crippen MR) is 67.4 cm³/mol. The zero-order valence-electron chi connectivity index (χ0n) is 9.99. The lowest BCUT2D eigenvalue weighted by atomic mass is 9.95. The zero-order chi connectivity index (χ0) is 11.1. The second-order valence-corrected chi connectivity index (χ2v) is 5.09. The number of nitrogens with zero attached hydrogens (tertiary/aromatic N) is 1. The second kappa shape index (κ2) is 6.96. The Morgan fingerprint density at radius 3 is 2.80 bits per heavy atom. The highest BCUT2D eigenvalue weighted by atomic mass is 32.1. The van der Waals surface area contributed by atoms with Crippen LogP contribution in [0.1, 0.15) is 38.5 Å². The van der Waals surface area contributed by atoms with Crippen LogP contribution < -0.4 is 5.32 Å². The Hall–Kier alpha value is -0.410. The number of hydrogen-bond acceptors (Lipinski definition) is 3. The molecule has 1 rings (SSSR count). The maximum Gasteiger partial charge on any atom is 0.0794 e. The van der Waals surface area contributed by atoms with Gasteiger partial charge in [0, 0.05) is 17.1 Å². The largest absolute Gasteiger partial charge is 0.314 e. The molecule has 1 aromatic heterocycles. The van der Waals surface area contributed by atoms with Crippen molar-refractivity contribution in [2.24, 2.45) is 5.92 Å². The molecule has 2 unspecified atom stereocenters. The number of hydrogen-bond donors (Lipinski definition) is 1. The lowest BCUT2D eigenvalue weighted by molar-refractivity contribution is 0.366. The normalized spacial score (nSPS) is 15.1. The van der Waals surface area contributed by atoms with Crippen molar-refractivity contribution in [2.45, 2.75) is 46.1 Å². The number of rotatable bonds is 7. The lowest BCUT2D eigenvalue weighted by Crippen LogP contribution is -2.35. The van der Waals surface area contributed by atoms with E-state index in [1.165, 1.54) is 17.7 Å². The first-order valence-electron chi connectivity index (χ1n) is 5.88. The van der Waals surface area contributed by atoms with E-state index in [2.05, 4.69) is 31.1 Å². The smallest absolute Gasteiger partial charge is 0.0794 e. The fraction of sp³-hybridized carbons (Fsp3) is 0.750. The van der Waals surface area contributed by atoms with Crippen LogP contribution in [0.25, 0.3) is 0 Å². The van der Waals surface area contributed by atoms with Crippen LogP contribution >= 0.6 is 11.3 Å². The van der Waals surface area contributed by atoms with Gasteiger partial charge in [0.05, 0.1) is 5.51 Å². The van der Waals surface area contributed by atoms with Crippen LogP contribution in [-0.2, 0) is 6.42 Å². The predicted octanol–water partition coefficient (Wildman–Crippen LogP) is 3.10. The standard InChI is InChI=1S/C12H22N2S/c1-4-6-14-12(5-2)10(3)7-11-8-13-9-15-11/h8-10,12,14H,4-7H2,1-3H3. The number of thiazole rings is 1. The van der Waals surface area contributed by atoms with Gasteiger partial charge in [-0.3, -0.25) is 4.98 Å². The molecule has 0 aromatic carbocycles. The molecule has 86 valence electrons. The van der Waals surface area contributed by atoms with Crippen molar-refractivity contribution in [1.29, 1.82) is 0 Å². The molecule has 0 saturated heterocycles. The first-order valence-corrected chi connectivity index (χ1v) is 6.76. The van der Waals surface area contributed by atoms with Gasteiger partial charge in [-0.05, 0) is 31.7 Å². The average Bonchev–Trinajstić information content (AvgIpc) is 2.71. The quantitative estimate of drug-likeness (QED) is 0.773. The molecule has 2 atom stereocenters. The molecular weight excluding hydrogens is 204 g/mol. The van der Waals surface area contributed by atoms with Gasteiger partial charge < -0.3 is 5.32 Å². The summed E-state index contributed by atoms with van der Waals surface area (Å²) in [4.78, 5) is 5.52. The van der Waals surface area contributed by atoms with Crippen molar-refractivity contribution in [2.75, 3.05) is 6.54 Å². The summed E-state index contributed by atoms with van der Waals surface area (Å²) in [5, 5.41) is 3.62. The molecule has 15 heavy (non-hydrogen) atoms. The molecular formula is C12H22N2S. The van der Waals surface area contributed by atoms with Gasteiger partial charge in [0.2, 0.25) is 0 Å². The minimum Gasteiger partial charge on any atom is -0.314 e. The Balaban J connectivity index is 2.39. The lowest BCUT2D eigenvalue weighted by Gasteiger charge is -2.23. The highest BCUT2D eigenvalue weighted by Crippen LogP contribution is 2.16. The molecule has 0 bridgehead atoms. The Morgan fingerprint density at radius 1 is 1.47 bits per heavy atom. The van der Waals surface area contributed by atoms with Crippen molar-refractivity contribution in [3.63, 3.8) is 0 Å². The van der Waals surface area contributed by atoms with Gasteiger partial charge >= 0.3 is 0 Å². The summed E-state index contributed by atoms with van der Waals surface area (Å²) < 4.78 is 0. The maximum atomic E-state index is 4.12. The molecule has 0 amide bonds. The van der Waals surface area contributed by atoms with Crippen molar-refractivity contribution < 1.29 is 0 Å². The van der Waals surface area contributed by atoms with Crippen LogP contribution in [0.15, 0.2) is 11.7 Å². The summed E-state index contributed by atoms with van der Waals surface area (Å²) in [7, 11) is 0. The van der Waals surface area contributed by atoms with E-state index in [1.807, 2.05) is 11.7 Å². The maximum absolute atomic E-state index is 4.12. The van der Waals surface area contributed by atoms with Crippen LogP contribution in [0, 0.1) is 5.92 Å². The van der Waals surface area contributed by atoms with Crippen LogP contribution in [0.3, 0.4) is 0 Å². The SMILES string of the molecule is CCCNC(CC)C(C)Cc1cncs1. The number of nitrogens with one attached hydrogen (secondary N) is 1. The van der Waals surface area contributed by atoms with Crippen LogP contribution in [-0.4, -0.2) is 17.6 Å². The molecule has 3 heteroatoms. The van der Waals surface area contributed by atoms with Gasteiger partial charge in [-0.25, -0.2) is 0 Å². The first kappa shape index (κ1) is 12.7. The van der Waals surface area contributed by atoms with E-state index in [0.717, 1.165) is 13.0 Å². The average molecular weight is 226 g/mol. The molecule has 0 radical (unpaired) electrons. The monoisotopic (exact) mass is 226 g/mol. The summed E-state index contributed by atoms with van der Waals surface area (Å²) in [5.41, 5.74) is 1.92. The molecule has 0 spiro atoms. The third-order valence-electron chi connectivity index (χ3n) is 2.79. The Bertz CT molecular complexity index is 246. The summed E-state index contributed by atoms with van der Waals surface area (Å²) >= 11 is 1.76. The first-order chi connectivity index (χ1) is 7.27. The third-order valence-corrected chi connectivity index (χ3v) is 3.59. The Labute approximate surface area is 97.1 Å². The van der Waals surface area contributed by atoms with E-state index in [4.69, 9.17) is 0 Å². The molecule has 1 heterocycles. The fourth-order valence-corrected chi connectivity index (χ4v) is 2.62. The summed E-state index contributed by atoms with van der Waals surface area (Å²) in [6, 6.07) is 0.645. The molecule has 1 aromatic rings. The van der Waals surface area contributed by atoms with Crippen LogP contribution in [0.2, 0.25) is 0 Å². The molecule has 0 aliphatic heterocycles. The van der Waals surface area contributed by atoms with E-state index in [0.29, 0.717) is 12.0 Å². The number of aromatic nitrogens is 1. The van der Waals surface area contributed by atoms with E-state index in [-0.39, 0.29) is 0 Å². The summed E-state index contributed by atoms with van der Waals surface area (Å²) in [6.45, 7) is 7.94. The van der Waals surface area contributed by atoms with Gasteiger partial charge in [0.15, 0.2) is 0 Å². The van der Waals surface area contributed by atoms with Crippen LogP contribution in [0.5, 0.6) is 0 Å². The Morgan fingerprint density at radius 2 is 2.27 bits per heavy atom. The van der Waals surface area contributed by atoms with Crippen molar-refractivity contribution in [3.05, 3.63) is 16.6 Å². The van der Waals surface area contributed by atoms with Gasteiger partial charge in [0.1, 0.15) is 0 Å². The van der Waals surface area contributed by atoms with Crippen LogP contribution in [0.4, 0.5) is 0 Å². The topological polar surface area (TPSA) is 24.9 Å². The fourth-order valence-electron chi connectivity index (χ4n) is 1.88. The van der Waals surface area contributed by atoms with E-state index >= 15 is 0 Å². The molecule has 0 aliphatic rings. The highest BCUT2D eigenvalue weighted by Gasteiger charge is 2.15.